The predicted molar refractivity (Wildman–Crippen MR) is 60.7 cm³/mol. The monoisotopic (exact) mass is 278 g/mol. The van der Waals surface area contributed by atoms with Crippen molar-refractivity contribution in [3.05, 3.63) is 0 Å². The van der Waals surface area contributed by atoms with Crippen LogP contribution >= 0.6 is 11.8 Å². The smallest absolute Gasteiger partial charge is 0.321 e. The van der Waals surface area contributed by atoms with Crippen LogP contribution in [0.5, 0.6) is 0 Å². The minimum atomic E-state index is -1.38. The van der Waals surface area contributed by atoms with Crippen molar-refractivity contribution in [1.82, 2.24) is 10.6 Å². The van der Waals surface area contributed by atoms with Crippen LogP contribution in [0, 0.1) is 0 Å². The second-order valence-electron chi connectivity index (χ2n) is 4.24. The summed E-state index contributed by atoms with van der Waals surface area (Å²) in [6, 6.07) is -1.64. The van der Waals surface area contributed by atoms with Gasteiger partial charge in [-0.1, -0.05) is 0 Å². The van der Waals surface area contributed by atoms with Gasteiger partial charge in [-0.15, -0.1) is 11.8 Å². The van der Waals surface area contributed by atoms with Crippen LogP contribution in [-0.4, -0.2) is 73.8 Å². The Hall–Kier alpha value is -0.870. The number of hydrogen-bond acceptors (Lipinski definition) is 7. The largest absolute Gasteiger partial charge is 0.394 e. The number of amides is 3. The van der Waals surface area contributed by atoms with Gasteiger partial charge in [0, 0.05) is 0 Å². The first-order chi connectivity index (χ1) is 8.45. The Balaban J connectivity index is 2.21. The van der Waals surface area contributed by atoms with E-state index < -0.39 is 53.4 Å². The van der Waals surface area contributed by atoms with E-state index in [0.717, 1.165) is 11.8 Å². The first-order valence-corrected chi connectivity index (χ1v) is 6.32. The van der Waals surface area contributed by atoms with Gasteiger partial charge in [-0.05, 0) is 0 Å². The minimum Gasteiger partial charge on any atom is -0.394 e. The molecule has 2 aliphatic rings. The fraction of sp³-hybridized carbons (Fsp3) is 0.778. The number of hydrogen-bond donors (Lipinski definition) is 6. The molecule has 18 heavy (non-hydrogen) atoms. The molecule has 0 unspecified atom stereocenters. The zero-order valence-corrected chi connectivity index (χ0v) is 10.0. The lowest BCUT2D eigenvalue weighted by molar-refractivity contribution is -0.123. The van der Waals surface area contributed by atoms with Crippen molar-refractivity contribution in [2.45, 2.75) is 34.9 Å². The third-order valence-electron chi connectivity index (χ3n) is 3.04. The quantitative estimate of drug-likeness (QED) is 0.312. The molecule has 2 fully saturated rings. The first-order valence-electron chi connectivity index (χ1n) is 5.37. The molecule has 0 spiro atoms. The van der Waals surface area contributed by atoms with Crippen LogP contribution in [0.1, 0.15) is 0 Å². The zero-order chi connectivity index (χ0) is 13.4. The Labute approximate surface area is 106 Å². The van der Waals surface area contributed by atoms with Gasteiger partial charge >= 0.3 is 6.03 Å². The van der Waals surface area contributed by atoms with Gasteiger partial charge in [0.05, 0.1) is 30.1 Å². The van der Waals surface area contributed by atoms with Crippen LogP contribution < -0.4 is 10.6 Å². The second-order valence-corrected chi connectivity index (χ2v) is 5.57. The van der Waals surface area contributed by atoms with Gasteiger partial charge in [0.2, 0.25) is 5.91 Å². The van der Waals surface area contributed by atoms with Crippen LogP contribution in [0.3, 0.4) is 0 Å². The van der Waals surface area contributed by atoms with Gasteiger partial charge in [0.1, 0.15) is 11.4 Å². The van der Waals surface area contributed by atoms with Crippen LogP contribution in [0.4, 0.5) is 4.79 Å². The highest BCUT2D eigenvalue weighted by molar-refractivity contribution is 8.01. The third kappa shape index (κ3) is 2.19. The van der Waals surface area contributed by atoms with Gasteiger partial charge < -0.3 is 25.7 Å². The predicted octanol–water partition coefficient (Wildman–Crippen LogP) is -3.25. The van der Waals surface area contributed by atoms with E-state index >= 15 is 0 Å². The summed E-state index contributed by atoms with van der Waals surface area (Å²) in [4.78, 5) is 22.7. The maximum Gasteiger partial charge on any atom is 0.321 e. The standard InChI is InChI=1S/C9H14N2O6S/c12-1-2(13)6-5(15)4(14)3-7(18-6)8(16)11-9(17)10-3/h2-7,12-15H,1H2,(H2,10,11,16,17)/t2-,3-,4-,5+,6-,7+/m1/s1. The molecule has 2 aliphatic heterocycles. The highest BCUT2D eigenvalue weighted by Crippen LogP contribution is 2.35. The molecule has 0 saturated carbocycles. The summed E-state index contributed by atoms with van der Waals surface area (Å²) in [5.74, 6) is -0.588. The van der Waals surface area contributed by atoms with Gasteiger partial charge in [-0.2, -0.15) is 0 Å². The number of urea groups is 1. The molecule has 102 valence electrons. The summed E-state index contributed by atoms with van der Waals surface area (Å²) < 4.78 is 0. The van der Waals surface area contributed by atoms with E-state index in [-0.39, 0.29) is 0 Å². The SMILES string of the molecule is O=C1NC(=O)[C@H]2S[C@H]([C@H](O)CO)[C@@H](O)[C@H](O)[C@H]2N1. The number of fused-ring (bicyclic) bond motifs is 1. The molecule has 3 amide bonds. The number of rotatable bonds is 2. The second kappa shape index (κ2) is 5.02. The molecular formula is C9H14N2O6S. The summed E-state index contributed by atoms with van der Waals surface area (Å²) in [6.07, 6.45) is -3.98. The minimum absolute atomic E-state index is 0.588. The van der Waals surface area contributed by atoms with E-state index in [2.05, 4.69) is 5.32 Å². The van der Waals surface area contributed by atoms with Crippen molar-refractivity contribution < 1.29 is 30.0 Å². The van der Waals surface area contributed by atoms with E-state index in [9.17, 15) is 24.9 Å². The van der Waals surface area contributed by atoms with Crippen LogP contribution in [0.25, 0.3) is 0 Å². The fourth-order valence-corrected chi connectivity index (χ4v) is 3.61. The highest BCUT2D eigenvalue weighted by atomic mass is 32.2. The van der Waals surface area contributed by atoms with Crippen molar-refractivity contribution in [2.24, 2.45) is 0 Å². The maximum absolute atomic E-state index is 11.6. The molecule has 0 aliphatic carbocycles. The van der Waals surface area contributed by atoms with Crippen molar-refractivity contribution in [2.75, 3.05) is 6.61 Å². The Bertz CT molecular complexity index is 367. The molecule has 0 aromatic heterocycles. The Kier molecular flexibility index (Phi) is 3.78. The Morgan fingerprint density at radius 3 is 2.56 bits per heavy atom. The number of thioether (sulfide) groups is 1. The van der Waals surface area contributed by atoms with Gasteiger partial charge in [-0.25, -0.2) is 4.79 Å². The van der Waals surface area contributed by atoms with E-state index in [4.69, 9.17) is 5.11 Å². The number of carbonyl (C=O) groups excluding carboxylic acids is 2. The molecule has 8 nitrogen and oxygen atoms in total. The molecule has 0 bridgehead atoms. The highest BCUT2D eigenvalue weighted by Gasteiger charge is 2.51. The van der Waals surface area contributed by atoms with Crippen LogP contribution in [-0.2, 0) is 4.79 Å². The number of aliphatic hydroxyl groups is 4. The first kappa shape index (κ1) is 13.6. The number of aliphatic hydroxyl groups excluding tert-OH is 4. The Morgan fingerprint density at radius 2 is 1.94 bits per heavy atom. The molecule has 2 heterocycles. The molecule has 2 rings (SSSR count). The lowest BCUT2D eigenvalue weighted by atomic mass is 9.95. The summed E-state index contributed by atoms with van der Waals surface area (Å²) in [5.41, 5.74) is 0. The zero-order valence-electron chi connectivity index (χ0n) is 9.18. The van der Waals surface area contributed by atoms with Gasteiger partial charge in [-0.3, -0.25) is 10.1 Å². The molecule has 0 aromatic carbocycles. The third-order valence-corrected chi connectivity index (χ3v) is 4.75. The van der Waals surface area contributed by atoms with Crippen LogP contribution in [0.2, 0.25) is 0 Å². The van der Waals surface area contributed by atoms with Gasteiger partial charge in [0.15, 0.2) is 0 Å². The van der Waals surface area contributed by atoms with Crippen molar-refractivity contribution in [3.8, 4) is 0 Å². The van der Waals surface area contributed by atoms with Gasteiger partial charge in [0.25, 0.3) is 0 Å². The van der Waals surface area contributed by atoms with E-state index in [0.29, 0.717) is 0 Å². The Morgan fingerprint density at radius 1 is 1.28 bits per heavy atom. The lowest BCUT2D eigenvalue weighted by Crippen LogP contribution is -2.70. The molecule has 6 N–H and O–H groups in total. The van der Waals surface area contributed by atoms with Crippen molar-refractivity contribution >= 4 is 23.7 Å². The van der Waals surface area contributed by atoms with Crippen LogP contribution in [0.15, 0.2) is 0 Å². The topological polar surface area (TPSA) is 139 Å². The normalized spacial score (nSPS) is 41.7. The summed E-state index contributed by atoms with van der Waals surface area (Å²) in [6.45, 7) is -0.590. The number of imide groups is 1. The van der Waals surface area contributed by atoms with E-state index in [1.54, 1.807) is 0 Å². The number of nitrogens with one attached hydrogen (secondary N) is 2. The summed E-state index contributed by atoms with van der Waals surface area (Å²) in [5, 5.41) is 40.8. The molecular weight excluding hydrogens is 264 g/mol. The fourth-order valence-electron chi connectivity index (χ4n) is 2.10. The molecule has 0 aromatic rings. The number of carbonyl (C=O) groups is 2. The summed E-state index contributed by atoms with van der Waals surface area (Å²) >= 11 is 0.923. The average Bonchev–Trinajstić information content (AvgIpc) is 2.33. The molecule has 6 atom stereocenters. The maximum atomic E-state index is 11.6. The molecule has 0 radical (unpaired) electrons. The van der Waals surface area contributed by atoms with Crippen molar-refractivity contribution in [3.63, 3.8) is 0 Å². The van der Waals surface area contributed by atoms with E-state index in [1.165, 1.54) is 0 Å². The molecule has 9 heteroatoms. The van der Waals surface area contributed by atoms with Crippen molar-refractivity contribution in [1.29, 1.82) is 0 Å². The average molecular weight is 278 g/mol. The summed E-state index contributed by atoms with van der Waals surface area (Å²) in [7, 11) is 0. The molecule has 2 saturated heterocycles. The van der Waals surface area contributed by atoms with E-state index in [1.807, 2.05) is 5.32 Å². The lowest BCUT2D eigenvalue weighted by Gasteiger charge is -2.44.